The highest BCUT2D eigenvalue weighted by atomic mass is 32.2. The van der Waals surface area contributed by atoms with E-state index in [1.807, 2.05) is 0 Å². The molecule has 2 atom stereocenters. The maximum absolute atomic E-state index is 12.4. The fraction of sp³-hybridized carbons (Fsp3) is 0.400. The molecule has 7 heteroatoms. The third-order valence-corrected chi connectivity index (χ3v) is 4.71. The minimum atomic E-state index is -0.811. The van der Waals surface area contributed by atoms with Crippen LogP contribution in [0.25, 0.3) is 0 Å². The SMILES string of the molecule is NC(=O)CSc1ccccc1C(=O)N[C@H]1CC[C@@H](C(=O)O)C1. The van der Waals surface area contributed by atoms with Gasteiger partial charge in [-0.25, -0.2) is 0 Å². The van der Waals surface area contributed by atoms with Crippen molar-refractivity contribution in [2.24, 2.45) is 11.7 Å². The fourth-order valence-corrected chi connectivity index (χ4v) is 3.32. The van der Waals surface area contributed by atoms with Gasteiger partial charge in [0, 0.05) is 10.9 Å². The zero-order chi connectivity index (χ0) is 16.1. The van der Waals surface area contributed by atoms with E-state index in [2.05, 4.69) is 5.32 Å². The Balaban J connectivity index is 2.01. The number of nitrogens with two attached hydrogens (primary N) is 1. The van der Waals surface area contributed by atoms with Crippen LogP contribution in [-0.2, 0) is 9.59 Å². The van der Waals surface area contributed by atoms with Crippen LogP contribution in [0, 0.1) is 5.92 Å². The lowest BCUT2D eigenvalue weighted by molar-refractivity contribution is -0.141. The van der Waals surface area contributed by atoms with Crippen LogP contribution >= 0.6 is 11.8 Å². The maximum Gasteiger partial charge on any atom is 0.306 e. The molecule has 0 aromatic heterocycles. The first-order valence-electron chi connectivity index (χ1n) is 7.01. The summed E-state index contributed by atoms with van der Waals surface area (Å²) in [6.45, 7) is 0. The Morgan fingerprint density at radius 3 is 2.64 bits per heavy atom. The minimum Gasteiger partial charge on any atom is -0.481 e. The van der Waals surface area contributed by atoms with Gasteiger partial charge in [-0.3, -0.25) is 14.4 Å². The van der Waals surface area contributed by atoms with Crippen LogP contribution in [0.5, 0.6) is 0 Å². The first-order chi connectivity index (χ1) is 10.5. The molecule has 22 heavy (non-hydrogen) atoms. The van der Waals surface area contributed by atoms with Crippen molar-refractivity contribution in [3.8, 4) is 0 Å². The second-order valence-electron chi connectivity index (χ2n) is 5.27. The molecule has 1 aliphatic rings. The number of benzene rings is 1. The zero-order valence-corrected chi connectivity index (χ0v) is 12.8. The summed E-state index contributed by atoms with van der Waals surface area (Å²) in [5.41, 5.74) is 5.61. The zero-order valence-electron chi connectivity index (χ0n) is 12.0. The maximum atomic E-state index is 12.4. The van der Waals surface area contributed by atoms with Crippen LogP contribution in [0.1, 0.15) is 29.6 Å². The average molecular weight is 322 g/mol. The molecular formula is C15H18N2O4S. The van der Waals surface area contributed by atoms with Crippen molar-refractivity contribution < 1.29 is 19.5 Å². The van der Waals surface area contributed by atoms with Gasteiger partial charge in [0.2, 0.25) is 5.91 Å². The molecule has 0 heterocycles. The third kappa shape index (κ3) is 4.24. The summed E-state index contributed by atoms with van der Waals surface area (Å²) in [4.78, 5) is 34.9. The van der Waals surface area contributed by atoms with Crippen LogP contribution < -0.4 is 11.1 Å². The largest absolute Gasteiger partial charge is 0.481 e. The lowest BCUT2D eigenvalue weighted by Gasteiger charge is -2.14. The molecule has 6 nitrogen and oxygen atoms in total. The molecule has 2 amide bonds. The number of rotatable bonds is 6. The molecule has 0 radical (unpaired) electrons. The van der Waals surface area contributed by atoms with Gasteiger partial charge in [-0.1, -0.05) is 12.1 Å². The quantitative estimate of drug-likeness (QED) is 0.683. The van der Waals surface area contributed by atoms with Gasteiger partial charge in [0.15, 0.2) is 0 Å². The number of amides is 2. The molecule has 1 aromatic rings. The smallest absolute Gasteiger partial charge is 0.306 e. The Morgan fingerprint density at radius 1 is 1.27 bits per heavy atom. The molecule has 1 aliphatic carbocycles. The number of primary amides is 1. The highest BCUT2D eigenvalue weighted by Crippen LogP contribution is 2.27. The molecule has 1 saturated carbocycles. The molecule has 1 aromatic carbocycles. The Labute approximate surface area is 132 Å². The number of carboxylic acids is 1. The van der Waals surface area contributed by atoms with Gasteiger partial charge in [0.25, 0.3) is 5.91 Å². The van der Waals surface area contributed by atoms with Gasteiger partial charge in [-0.15, -0.1) is 11.8 Å². The summed E-state index contributed by atoms with van der Waals surface area (Å²) in [5, 5.41) is 11.9. The van der Waals surface area contributed by atoms with Gasteiger partial charge in [-0.2, -0.15) is 0 Å². The molecule has 2 rings (SSSR count). The van der Waals surface area contributed by atoms with E-state index in [0.29, 0.717) is 29.7 Å². The topological polar surface area (TPSA) is 109 Å². The number of carboxylic acid groups (broad SMARTS) is 1. The van der Waals surface area contributed by atoms with E-state index in [1.54, 1.807) is 24.3 Å². The molecule has 0 spiro atoms. The molecule has 0 aliphatic heterocycles. The Bertz CT molecular complexity index is 591. The van der Waals surface area contributed by atoms with Crippen LogP contribution in [0.4, 0.5) is 0 Å². The second kappa shape index (κ2) is 7.31. The minimum absolute atomic E-state index is 0.106. The number of carbonyl (C=O) groups is 3. The van der Waals surface area contributed by atoms with E-state index in [9.17, 15) is 14.4 Å². The number of carbonyl (C=O) groups excluding carboxylic acids is 2. The molecule has 0 unspecified atom stereocenters. The standard InChI is InChI=1S/C15H18N2O4S/c16-13(18)8-22-12-4-2-1-3-11(12)14(19)17-10-6-5-9(7-10)15(20)21/h1-4,9-10H,5-8H2,(H2,16,18)(H,17,19)(H,20,21)/t9-,10+/m1/s1. The van der Waals surface area contributed by atoms with Crippen LogP contribution in [0.2, 0.25) is 0 Å². The predicted octanol–water partition coefficient (Wildman–Crippen LogP) is 1.25. The Hall–Kier alpha value is -2.02. The molecule has 0 saturated heterocycles. The first kappa shape index (κ1) is 16.4. The van der Waals surface area contributed by atoms with Crippen LogP contribution in [0.3, 0.4) is 0 Å². The summed E-state index contributed by atoms with van der Waals surface area (Å²) in [5.74, 6) is -1.78. The number of aliphatic carboxylic acids is 1. The summed E-state index contributed by atoms with van der Waals surface area (Å²) in [6.07, 6.45) is 1.70. The van der Waals surface area contributed by atoms with Crippen molar-refractivity contribution in [3.05, 3.63) is 29.8 Å². The van der Waals surface area contributed by atoms with E-state index < -0.39 is 11.9 Å². The molecule has 118 valence electrons. The summed E-state index contributed by atoms with van der Waals surface area (Å²) in [6, 6.07) is 6.86. The monoisotopic (exact) mass is 322 g/mol. The van der Waals surface area contributed by atoms with Crippen molar-refractivity contribution in [3.63, 3.8) is 0 Å². The molecule has 1 fully saturated rings. The van der Waals surface area contributed by atoms with Crippen molar-refractivity contribution in [2.45, 2.75) is 30.2 Å². The number of thioether (sulfide) groups is 1. The van der Waals surface area contributed by atoms with E-state index >= 15 is 0 Å². The lowest BCUT2D eigenvalue weighted by atomic mass is 10.1. The van der Waals surface area contributed by atoms with Gasteiger partial charge < -0.3 is 16.2 Å². The van der Waals surface area contributed by atoms with Crippen molar-refractivity contribution in [1.82, 2.24) is 5.32 Å². The second-order valence-corrected chi connectivity index (χ2v) is 6.29. The highest BCUT2D eigenvalue weighted by Gasteiger charge is 2.30. The molecule has 0 bridgehead atoms. The van der Waals surface area contributed by atoms with Gasteiger partial charge >= 0.3 is 5.97 Å². The van der Waals surface area contributed by atoms with Crippen molar-refractivity contribution in [2.75, 3.05) is 5.75 Å². The highest BCUT2D eigenvalue weighted by molar-refractivity contribution is 8.00. The van der Waals surface area contributed by atoms with Crippen molar-refractivity contribution >= 4 is 29.5 Å². The average Bonchev–Trinajstić information content (AvgIpc) is 2.94. The normalized spacial score (nSPS) is 20.5. The predicted molar refractivity (Wildman–Crippen MR) is 82.6 cm³/mol. The van der Waals surface area contributed by atoms with E-state index in [0.717, 1.165) is 0 Å². The number of hydrogen-bond acceptors (Lipinski definition) is 4. The summed E-state index contributed by atoms with van der Waals surface area (Å²) in [7, 11) is 0. The number of hydrogen-bond donors (Lipinski definition) is 3. The first-order valence-corrected chi connectivity index (χ1v) is 7.99. The Kier molecular flexibility index (Phi) is 5.43. The van der Waals surface area contributed by atoms with Gasteiger partial charge in [-0.05, 0) is 31.4 Å². The fourth-order valence-electron chi connectivity index (χ4n) is 2.53. The number of nitrogens with one attached hydrogen (secondary N) is 1. The van der Waals surface area contributed by atoms with Gasteiger partial charge in [0.05, 0.1) is 17.2 Å². The third-order valence-electron chi connectivity index (χ3n) is 3.62. The lowest BCUT2D eigenvalue weighted by Crippen LogP contribution is -2.33. The van der Waals surface area contributed by atoms with E-state index in [-0.39, 0.29) is 23.6 Å². The summed E-state index contributed by atoms with van der Waals surface area (Å²) < 4.78 is 0. The van der Waals surface area contributed by atoms with Crippen LogP contribution in [0.15, 0.2) is 29.2 Å². The van der Waals surface area contributed by atoms with Gasteiger partial charge in [0.1, 0.15) is 0 Å². The molecule has 4 N–H and O–H groups in total. The van der Waals surface area contributed by atoms with Crippen molar-refractivity contribution in [1.29, 1.82) is 0 Å². The van der Waals surface area contributed by atoms with E-state index in [4.69, 9.17) is 10.8 Å². The Morgan fingerprint density at radius 2 is 2.00 bits per heavy atom. The van der Waals surface area contributed by atoms with E-state index in [1.165, 1.54) is 11.8 Å². The molecular weight excluding hydrogens is 304 g/mol. The van der Waals surface area contributed by atoms with Crippen LogP contribution in [-0.4, -0.2) is 34.7 Å². The summed E-state index contributed by atoms with van der Waals surface area (Å²) >= 11 is 1.22.